The zero-order chi connectivity index (χ0) is 13.3. The van der Waals surface area contributed by atoms with Crippen molar-refractivity contribution >= 4 is 24.3 Å². The maximum absolute atomic E-state index is 11.6. The Kier molecular flexibility index (Phi) is 3.23. The number of carbonyl (C=O) groups excluding carboxylic acids is 1. The third kappa shape index (κ3) is 2.44. The van der Waals surface area contributed by atoms with Crippen LogP contribution in [0.4, 0.5) is 0 Å². The van der Waals surface area contributed by atoms with Gasteiger partial charge in [-0.25, -0.2) is 0 Å². The van der Waals surface area contributed by atoms with Crippen LogP contribution in [0.1, 0.15) is 10.4 Å². The van der Waals surface area contributed by atoms with Gasteiger partial charge in [0.15, 0.2) is 10.3 Å². The van der Waals surface area contributed by atoms with E-state index in [0.717, 1.165) is 0 Å². The van der Waals surface area contributed by atoms with E-state index >= 15 is 0 Å². The lowest BCUT2D eigenvalue weighted by Crippen LogP contribution is -2.21. The van der Waals surface area contributed by atoms with Crippen molar-refractivity contribution in [2.45, 2.75) is 0 Å². The van der Waals surface area contributed by atoms with Crippen molar-refractivity contribution in [2.24, 2.45) is 0 Å². The molecule has 1 aromatic heterocycles. The lowest BCUT2D eigenvalue weighted by atomic mass is 10.1. The summed E-state index contributed by atoms with van der Waals surface area (Å²) in [5, 5.41) is 12.3. The molecule has 0 fully saturated rings. The second-order valence-corrected chi connectivity index (χ2v) is 9.33. The van der Waals surface area contributed by atoms with E-state index in [-0.39, 0.29) is 5.56 Å². The molecule has 0 spiro atoms. The van der Waals surface area contributed by atoms with Crippen molar-refractivity contribution in [2.75, 3.05) is 6.26 Å². The third-order valence-corrected chi connectivity index (χ3v) is 7.09. The number of carboxylic acid groups (broad SMARTS) is 1. The van der Waals surface area contributed by atoms with E-state index in [4.69, 9.17) is 0 Å². The van der Waals surface area contributed by atoms with Gasteiger partial charge in [0.05, 0.1) is 12.2 Å². The van der Waals surface area contributed by atoms with Gasteiger partial charge in [-0.05, 0) is 23.8 Å². The van der Waals surface area contributed by atoms with Crippen LogP contribution in [0.25, 0.3) is 10.4 Å². The molecule has 6 heteroatoms. The van der Waals surface area contributed by atoms with E-state index in [0.29, 0.717) is 10.4 Å². The molecule has 1 heterocycles. The summed E-state index contributed by atoms with van der Waals surface area (Å²) in [6.45, 7) is 0. The van der Waals surface area contributed by atoms with Gasteiger partial charge in [0.25, 0.3) is 0 Å². The van der Waals surface area contributed by atoms with Gasteiger partial charge < -0.3 is 9.90 Å². The van der Waals surface area contributed by atoms with Gasteiger partial charge in [0.1, 0.15) is 9.50 Å². The summed E-state index contributed by atoms with van der Waals surface area (Å²) in [6, 6.07) is 9.44. The Balaban J connectivity index is 2.50. The number of hydrogen-bond donors (Lipinski definition) is 0. The number of carbonyl (C=O) groups is 1. The SMILES string of the molecule is CS(=O)(=O)[s+]1cccc1-c1ccc(C(=O)[O-])cc1. The molecule has 2 rings (SSSR count). The minimum Gasteiger partial charge on any atom is -0.545 e. The molecule has 0 aliphatic rings. The average Bonchev–Trinajstić information content (AvgIpc) is 2.77. The Morgan fingerprint density at radius 2 is 1.78 bits per heavy atom. The van der Waals surface area contributed by atoms with Gasteiger partial charge in [-0.2, -0.15) is 8.42 Å². The van der Waals surface area contributed by atoms with E-state index in [1.165, 1.54) is 18.4 Å². The van der Waals surface area contributed by atoms with Crippen LogP contribution in [0.15, 0.2) is 41.8 Å². The summed E-state index contributed by atoms with van der Waals surface area (Å²) in [7, 11) is -4.14. The summed E-state index contributed by atoms with van der Waals surface area (Å²) < 4.78 is 23.2. The Hall–Kier alpha value is -1.66. The predicted octanol–water partition coefficient (Wildman–Crippen LogP) is 1.27. The second kappa shape index (κ2) is 4.55. The van der Waals surface area contributed by atoms with Gasteiger partial charge in [0.2, 0.25) is 0 Å². The first kappa shape index (κ1) is 12.8. The molecule has 0 amide bonds. The molecule has 0 aliphatic heterocycles. The molecular weight excluding hydrogens is 272 g/mol. The topological polar surface area (TPSA) is 74.3 Å². The second-order valence-electron chi connectivity index (χ2n) is 3.73. The quantitative estimate of drug-likeness (QED) is 0.627. The molecule has 0 aliphatic carbocycles. The Bertz CT molecular complexity index is 681. The largest absolute Gasteiger partial charge is 0.545 e. The first-order valence-electron chi connectivity index (χ1n) is 5.03. The number of rotatable bonds is 3. The molecule has 1 atom stereocenters. The van der Waals surface area contributed by atoms with Crippen molar-refractivity contribution < 1.29 is 18.3 Å². The fraction of sp³-hybridized carbons (Fsp3) is 0.0833. The zero-order valence-electron chi connectivity index (χ0n) is 9.49. The molecule has 0 saturated carbocycles. The van der Waals surface area contributed by atoms with Crippen LogP contribution in [0.5, 0.6) is 0 Å². The predicted molar refractivity (Wildman–Crippen MR) is 68.9 cm³/mol. The maximum Gasteiger partial charge on any atom is 0.335 e. The van der Waals surface area contributed by atoms with E-state index in [1.807, 2.05) is 0 Å². The highest BCUT2D eigenvalue weighted by Crippen LogP contribution is 2.38. The van der Waals surface area contributed by atoms with Crippen molar-refractivity contribution in [3.63, 3.8) is 0 Å². The van der Waals surface area contributed by atoms with Gasteiger partial charge in [-0.15, -0.1) is 0 Å². The molecule has 18 heavy (non-hydrogen) atoms. The van der Waals surface area contributed by atoms with Crippen molar-refractivity contribution in [3.8, 4) is 10.4 Å². The molecule has 1 aromatic carbocycles. The smallest absolute Gasteiger partial charge is 0.335 e. The van der Waals surface area contributed by atoms with E-state index in [9.17, 15) is 18.3 Å². The summed E-state index contributed by atoms with van der Waals surface area (Å²) in [4.78, 5) is 11.3. The molecular formula is C12H10O4S2. The van der Waals surface area contributed by atoms with Gasteiger partial charge in [-0.1, -0.05) is 12.1 Å². The van der Waals surface area contributed by atoms with Gasteiger partial charge in [-0.3, -0.25) is 0 Å². The Morgan fingerprint density at radius 3 is 2.28 bits per heavy atom. The standard InChI is InChI=1S/C12H10O4S2/c1-18(15,16)17-8-2-3-11(17)9-4-6-10(7-5-9)12(13)14/h2-8H,1H3. The number of carboxylic acids is 1. The minimum atomic E-state index is -3.18. The highest BCUT2D eigenvalue weighted by molar-refractivity contribution is 8.39. The highest BCUT2D eigenvalue weighted by Gasteiger charge is 2.24. The van der Waals surface area contributed by atoms with Crippen LogP contribution < -0.4 is 5.11 Å². The monoisotopic (exact) mass is 282 g/mol. The van der Waals surface area contributed by atoms with E-state index < -0.39 is 24.3 Å². The van der Waals surface area contributed by atoms with Crippen molar-refractivity contribution in [1.82, 2.24) is 0 Å². The van der Waals surface area contributed by atoms with Crippen LogP contribution >= 0.6 is 9.50 Å². The summed E-state index contributed by atoms with van der Waals surface area (Å²) in [6.07, 6.45) is 1.19. The van der Waals surface area contributed by atoms with Crippen LogP contribution in [0.2, 0.25) is 0 Å². The number of hydrogen-bond acceptors (Lipinski definition) is 4. The summed E-state index contributed by atoms with van der Waals surface area (Å²) in [5.74, 6) is -1.25. The van der Waals surface area contributed by atoms with Gasteiger partial charge in [0, 0.05) is 11.6 Å². The first-order chi connectivity index (χ1) is 8.39. The van der Waals surface area contributed by atoms with E-state index in [2.05, 4.69) is 0 Å². The maximum atomic E-state index is 11.6. The van der Waals surface area contributed by atoms with Crippen LogP contribution in [-0.4, -0.2) is 20.6 Å². The van der Waals surface area contributed by atoms with Crippen LogP contribution in [0, 0.1) is 0 Å². The fourth-order valence-corrected chi connectivity index (χ4v) is 5.29. The summed E-state index contributed by atoms with van der Waals surface area (Å²) in [5.41, 5.74) is 0.781. The molecule has 94 valence electrons. The lowest BCUT2D eigenvalue weighted by Gasteiger charge is -2.02. The highest BCUT2D eigenvalue weighted by atomic mass is 33.2. The lowest BCUT2D eigenvalue weighted by molar-refractivity contribution is -0.255. The average molecular weight is 282 g/mol. The fourth-order valence-electron chi connectivity index (χ4n) is 1.59. The molecule has 0 N–H and O–H groups in total. The van der Waals surface area contributed by atoms with Crippen molar-refractivity contribution in [1.29, 1.82) is 0 Å². The molecule has 2 aromatic rings. The normalized spacial score (nSPS) is 12.4. The zero-order valence-corrected chi connectivity index (χ0v) is 11.1. The molecule has 1 unspecified atom stereocenters. The van der Waals surface area contributed by atoms with Crippen LogP contribution in [0.3, 0.4) is 0 Å². The molecule has 0 radical (unpaired) electrons. The molecule has 0 bridgehead atoms. The van der Waals surface area contributed by atoms with Crippen molar-refractivity contribution in [3.05, 3.63) is 47.3 Å². The van der Waals surface area contributed by atoms with Crippen LogP contribution in [-0.2, 0) is 8.87 Å². The summed E-state index contributed by atoms with van der Waals surface area (Å²) >= 11 is 0. The minimum absolute atomic E-state index is 0.0737. The Morgan fingerprint density at radius 1 is 1.17 bits per heavy atom. The number of aromatic carboxylic acids is 1. The first-order valence-corrected chi connectivity index (χ1v) is 8.73. The molecule has 0 saturated heterocycles. The molecule has 4 nitrogen and oxygen atoms in total. The van der Waals surface area contributed by atoms with E-state index in [1.54, 1.807) is 29.6 Å². The number of thiophene rings is 1. The third-order valence-electron chi connectivity index (χ3n) is 2.40. The Labute approximate surface area is 107 Å². The number of benzene rings is 1. The van der Waals surface area contributed by atoms with Gasteiger partial charge >= 0.3 is 8.87 Å².